The molecule has 0 fully saturated rings. The van der Waals surface area contributed by atoms with E-state index in [1.807, 2.05) is 19.9 Å². The van der Waals surface area contributed by atoms with Gasteiger partial charge in [-0.1, -0.05) is 39.8 Å². The van der Waals surface area contributed by atoms with Crippen molar-refractivity contribution in [1.29, 1.82) is 0 Å². The maximum Gasteiger partial charge on any atom is 0.174 e. The number of rotatable bonds is 5. The van der Waals surface area contributed by atoms with E-state index in [0.29, 0.717) is 17.2 Å². The van der Waals surface area contributed by atoms with Gasteiger partial charge in [0.05, 0.1) is 0 Å². The highest BCUT2D eigenvalue weighted by Crippen LogP contribution is 2.36. The van der Waals surface area contributed by atoms with Gasteiger partial charge in [0.2, 0.25) is 0 Å². The third kappa shape index (κ3) is 2.97. The predicted molar refractivity (Wildman–Crippen MR) is 65.3 cm³/mol. The summed E-state index contributed by atoms with van der Waals surface area (Å²) < 4.78 is 0. The fourth-order valence-corrected chi connectivity index (χ4v) is 2.05. The molecule has 0 spiro atoms. The summed E-state index contributed by atoms with van der Waals surface area (Å²) in [6.07, 6.45) is 0. The molecule has 0 amide bonds. The summed E-state index contributed by atoms with van der Waals surface area (Å²) in [7, 11) is 0. The minimum Gasteiger partial charge on any atom is -0.340 e. The molecule has 0 aromatic heterocycles. The second kappa shape index (κ2) is 6.00. The van der Waals surface area contributed by atoms with Crippen molar-refractivity contribution < 1.29 is 20.3 Å². The molecule has 1 rings (SSSR count). The third-order valence-corrected chi connectivity index (χ3v) is 2.82. The summed E-state index contributed by atoms with van der Waals surface area (Å²) in [5, 5.41) is 17.6. The van der Waals surface area contributed by atoms with E-state index in [-0.39, 0.29) is 12.5 Å². The molecule has 4 nitrogen and oxygen atoms in total. The lowest BCUT2D eigenvalue weighted by Crippen LogP contribution is -2.06. The standard InChI is InChI=1S/C13H20O4/c1-8(2)11-6-5-10(7-16-14)13(17-15)12(11)9(3)4/h5-6,8-9,14-15H,7H2,1-4H3. The van der Waals surface area contributed by atoms with Gasteiger partial charge < -0.3 is 4.89 Å². The molecule has 0 aliphatic carbocycles. The molecule has 0 atom stereocenters. The molecule has 0 saturated carbocycles. The summed E-state index contributed by atoms with van der Waals surface area (Å²) in [6.45, 7) is 8.24. The van der Waals surface area contributed by atoms with Crippen molar-refractivity contribution >= 4 is 0 Å². The summed E-state index contributed by atoms with van der Waals surface area (Å²) in [6, 6.07) is 3.78. The molecule has 0 bridgehead atoms. The van der Waals surface area contributed by atoms with Crippen LogP contribution in [-0.4, -0.2) is 10.5 Å². The quantitative estimate of drug-likeness (QED) is 0.607. The molecule has 1 aromatic carbocycles. The molecular formula is C13H20O4. The monoisotopic (exact) mass is 240 g/mol. The van der Waals surface area contributed by atoms with E-state index in [1.54, 1.807) is 6.07 Å². The van der Waals surface area contributed by atoms with Gasteiger partial charge in [-0.3, -0.25) is 5.26 Å². The van der Waals surface area contributed by atoms with E-state index < -0.39 is 0 Å². The Morgan fingerprint density at radius 3 is 2.12 bits per heavy atom. The van der Waals surface area contributed by atoms with Gasteiger partial charge in [0, 0.05) is 11.1 Å². The largest absolute Gasteiger partial charge is 0.340 e. The van der Waals surface area contributed by atoms with Gasteiger partial charge in [-0.2, -0.15) is 0 Å². The van der Waals surface area contributed by atoms with Crippen molar-refractivity contribution in [2.75, 3.05) is 0 Å². The molecule has 1 aromatic rings. The maximum atomic E-state index is 9.04. The van der Waals surface area contributed by atoms with Crippen molar-refractivity contribution in [3.63, 3.8) is 0 Å². The van der Waals surface area contributed by atoms with E-state index in [1.165, 1.54) is 0 Å². The third-order valence-electron chi connectivity index (χ3n) is 2.82. The molecule has 0 aliphatic heterocycles. The normalized spacial score (nSPS) is 11.3. The number of hydrogen-bond acceptors (Lipinski definition) is 4. The Morgan fingerprint density at radius 2 is 1.71 bits per heavy atom. The van der Waals surface area contributed by atoms with Gasteiger partial charge in [-0.25, -0.2) is 10.1 Å². The van der Waals surface area contributed by atoms with E-state index in [0.717, 1.165) is 11.1 Å². The Morgan fingerprint density at radius 1 is 1.06 bits per heavy atom. The van der Waals surface area contributed by atoms with Crippen molar-refractivity contribution in [1.82, 2.24) is 0 Å². The first-order chi connectivity index (χ1) is 8.02. The van der Waals surface area contributed by atoms with E-state index in [9.17, 15) is 0 Å². The Hall–Kier alpha value is -1.10. The topological polar surface area (TPSA) is 58.9 Å². The number of hydrogen-bond donors (Lipinski definition) is 2. The summed E-state index contributed by atoms with van der Waals surface area (Å²) in [4.78, 5) is 8.60. The van der Waals surface area contributed by atoms with Gasteiger partial charge in [0.1, 0.15) is 6.61 Å². The molecule has 0 radical (unpaired) electrons. The van der Waals surface area contributed by atoms with Crippen LogP contribution in [-0.2, 0) is 11.5 Å². The molecular weight excluding hydrogens is 220 g/mol. The Balaban J connectivity index is 3.38. The van der Waals surface area contributed by atoms with Crippen LogP contribution < -0.4 is 4.89 Å². The number of benzene rings is 1. The molecule has 0 heterocycles. The first-order valence-electron chi connectivity index (χ1n) is 5.76. The highest BCUT2D eigenvalue weighted by Gasteiger charge is 2.19. The van der Waals surface area contributed by atoms with Crippen LogP contribution in [0.4, 0.5) is 0 Å². The maximum absolute atomic E-state index is 9.04. The van der Waals surface area contributed by atoms with Gasteiger partial charge in [0.15, 0.2) is 5.75 Å². The predicted octanol–water partition coefficient (Wildman–Crippen LogP) is 3.77. The molecule has 17 heavy (non-hydrogen) atoms. The zero-order chi connectivity index (χ0) is 13.0. The molecule has 0 aliphatic rings. The Kier molecular flexibility index (Phi) is 4.93. The SMILES string of the molecule is CC(C)c1ccc(COO)c(OO)c1C(C)C. The van der Waals surface area contributed by atoms with Crippen molar-refractivity contribution in [2.45, 2.75) is 46.1 Å². The van der Waals surface area contributed by atoms with Crippen molar-refractivity contribution in [2.24, 2.45) is 0 Å². The molecule has 96 valence electrons. The van der Waals surface area contributed by atoms with Crippen LogP contribution in [0.2, 0.25) is 0 Å². The van der Waals surface area contributed by atoms with E-state index in [4.69, 9.17) is 10.5 Å². The zero-order valence-electron chi connectivity index (χ0n) is 10.7. The van der Waals surface area contributed by atoms with Crippen LogP contribution in [0.5, 0.6) is 5.75 Å². The first kappa shape index (κ1) is 14.0. The van der Waals surface area contributed by atoms with Crippen LogP contribution in [0.3, 0.4) is 0 Å². The Bertz CT molecular complexity index is 372. The second-order valence-corrected chi connectivity index (χ2v) is 4.73. The molecule has 2 N–H and O–H groups in total. The average molecular weight is 240 g/mol. The second-order valence-electron chi connectivity index (χ2n) is 4.73. The molecule has 4 heteroatoms. The van der Waals surface area contributed by atoms with Gasteiger partial charge in [-0.05, 0) is 17.4 Å². The Labute approximate surface area is 102 Å². The zero-order valence-corrected chi connectivity index (χ0v) is 10.7. The highest BCUT2D eigenvalue weighted by atomic mass is 17.1. The lowest BCUT2D eigenvalue weighted by atomic mass is 9.88. The minimum atomic E-state index is -0.00596. The summed E-state index contributed by atoms with van der Waals surface area (Å²) in [5.74, 6) is 0.943. The summed E-state index contributed by atoms with van der Waals surface area (Å²) in [5.41, 5.74) is 2.71. The highest BCUT2D eigenvalue weighted by molar-refractivity contribution is 5.49. The van der Waals surface area contributed by atoms with Crippen molar-refractivity contribution in [3.05, 3.63) is 28.8 Å². The fraction of sp³-hybridized carbons (Fsp3) is 0.538. The van der Waals surface area contributed by atoms with Crippen molar-refractivity contribution in [3.8, 4) is 5.75 Å². The van der Waals surface area contributed by atoms with Crippen LogP contribution in [0.25, 0.3) is 0 Å². The van der Waals surface area contributed by atoms with E-state index >= 15 is 0 Å². The van der Waals surface area contributed by atoms with Crippen LogP contribution in [0.15, 0.2) is 12.1 Å². The van der Waals surface area contributed by atoms with Gasteiger partial charge in [0.25, 0.3) is 0 Å². The van der Waals surface area contributed by atoms with Crippen LogP contribution in [0, 0.1) is 0 Å². The van der Waals surface area contributed by atoms with E-state index in [2.05, 4.69) is 23.6 Å². The lowest BCUT2D eigenvalue weighted by Gasteiger charge is -2.20. The first-order valence-corrected chi connectivity index (χ1v) is 5.76. The molecule has 0 saturated heterocycles. The minimum absolute atomic E-state index is 0.00596. The lowest BCUT2D eigenvalue weighted by molar-refractivity contribution is -0.254. The van der Waals surface area contributed by atoms with Gasteiger partial charge in [-0.15, -0.1) is 0 Å². The fourth-order valence-electron chi connectivity index (χ4n) is 2.05. The van der Waals surface area contributed by atoms with Crippen LogP contribution in [0.1, 0.15) is 56.2 Å². The van der Waals surface area contributed by atoms with Crippen LogP contribution >= 0.6 is 0 Å². The molecule has 0 unspecified atom stereocenters. The summed E-state index contributed by atoms with van der Waals surface area (Å²) >= 11 is 0. The smallest absolute Gasteiger partial charge is 0.174 e. The van der Waals surface area contributed by atoms with Gasteiger partial charge >= 0.3 is 0 Å². The average Bonchev–Trinajstić information content (AvgIpc) is 2.28.